The van der Waals surface area contributed by atoms with Crippen LogP contribution in [0.15, 0.2) is 24.3 Å². The second kappa shape index (κ2) is 5.08. The summed E-state index contributed by atoms with van der Waals surface area (Å²) >= 11 is 0. The monoisotopic (exact) mass is 205 g/mol. The Morgan fingerprint density at radius 2 is 2.13 bits per heavy atom. The van der Waals surface area contributed by atoms with E-state index in [1.165, 1.54) is 12.1 Å². The first-order chi connectivity index (χ1) is 7.19. The van der Waals surface area contributed by atoms with E-state index in [9.17, 15) is 10.1 Å². The number of nitro benzene ring substituents is 1. The van der Waals surface area contributed by atoms with Crippen LogP contribution < -0.4 is 5.32 Å². The summed E-state index contributed by atoms with van der Waals surface area (Å²) in [6.07, 6.45) is 0. The van der Waals surface area contributed by atoms with Gasteiger partial charge in [-0.2, -0.15) is 5.26 Å². The van der Waals surface area contributed by atoms with Gasteiger partial charge in [0.15, 0.2) is 0 Å². The minimum absolute atomic E-state index is 0.0342. The highest BCUT2D eigenvalue weighted by atomic mass is 16.6. The van der Waals surface area contributed by atoms with Gasteiger partial charge in [-0.25, -0.2) is 0 Å². The highest BCUT2D eigenvalue weighted by Crippen LogP contribution is 2.17. The lowest BCUT2D eigenvalue weighted by molar-refractivity contribution is -0.384. The van der Waals surface area contributed by atoms with Crippen LogP contribution in [0.2, 0.25) is 0 Å². The highest BCUT2D eigenvalue weighted by molar-refractivity contribution is 5.35. The second-order valence-electron chi connectivity index (χ2n) is 2.97. The molecule has 5 heteroatoms. The number of benzene rings is 1. The van der Waals surface area contributed by atoms with Crippen LogP contribution in [-0.4, -0.2) is 11.5 Å². The molecule has 0 saturated carbocycles. The molecule has 78 valence electrons. The average molecular weight is 205 g/mol. The zero-order valence-electron chi connectivity index (χ0n) is 8.30. The van der Waals surface area contributed by atoms with Gasteiger partial charge < -0.3 is 0 Å². The summed E-state index contributed by atoms with van der Waals surface area (Å²) in [6.45, 7) is 2.57. The Morgan fingerprint density at radius 1 is 1.53 bits per heavy atom. The molecule has 0 radical (unpaired) electrons. The molecule has 0 aromatic heterocycles. The third kappa shape index (κ3) is 2.76. The molecular weight excluding hydrogens is 194 g/mol. The van der Waals surface area contributed by atoms with Gasteiger partial charge in [0.25, 0.3) is 5.69 Å². The molecule has 0 spiro atoms. The van der Waals surface area contributed by atoms with E-state index in [4.69, 9.17) is 5.26 Å². The maximum Gasteiger partial charge on any atom is 0.269 e. The summed E-state index contributed by atoms with van der Waals surface area (Å²) in [4.78, 5) is 9.94. The number of hydrogen-bond acceptors (Lipinski definition) is 4. The Hall–Kier alpha value is -1.93. The fourth-order valence-corrected chi connectivity index (χ4v) is 1.23. The number of nitro groups is 1. The van der Waals surface area contributed by atoms with Crippen LogP contribution in [-0.2, 0) is 0 Å². The SMILES string of the molecule is CCNC(C#N)c1ccc([N+](=O)[O-])cc1. The normalized spacial score (nSPS) is 11.7. The standard InChI is InChI=1S/C10H11N3O2/c1-2-12-10(7-11)8-3-5-9(6-4-8)13(14)15/h3-6,10,12H,2H2,1H3. The molecule has 0 amide bonds. The lowest BCUT2D eigenvalue weighted by atomic mass is 10.1. The van der Waals surface area contributed by atoms with Gasteiger partial charge in [-0.15, -0.1) is 0 Å². The van der Waals surface area contributed by atoms with E-state index in [1.54, 1.807) is 12.1 Å². The molecule has 1 unspecified atom stereocenters. The molecule has 0 aliphatic heterocycles. The van der Waals surface area contributed by atoms with E-state index in [1.807, 2.05) is 6.92 Å². The van der Waals surface area contributed by atoms with Gasteiger partial charge in [-0.1, -0.05) is 6.92 Å². The molecule has 0 bridgehead atoms. The van der Waals surface area contributed by atoms with Gasteiger partial charge in [-0.05, 0) is 24.2 Å². The van der Waals surface area contributed by atoms with Gasteiger partial charge in [0.05, 0.1) is 11.0 Å². The summed E-state index contributed by atoms with van der Waals surface area (Å²) in [6, 6.07) is 7.66. The lowest BCUT2D eigenvalue weighted by Crippen LogP contribution is -2.19. The smallest absolute Gasteiger partial charge is 0.269 e. The van der Waals surface area contributed by atoms with Crippen LogP contribution in [0.25, 0.3) is 0 Å². The van der Waals surface area contributed by atoms with Crippen LogP contribution in [0.5, 0.6) is 0 Å². The molecule has 5 nitrogen and oxygen atoms in total. The molecule has 15 heavy (non-hydrogen) atoms. The second-order valence-corrected chi connectivity index (χ2v) is 2.97. The number of hydrogen-bond donors (Lipinski definition) is 1. The topological polar surface area (TPSA) is 79.0 Å². The molecule has 1 N–H and O–H groups in total. The van der Waals surface area contributed by atoms with Crippen LogP contribution in [0.4, 0.5) is 5.69 Å². The number of nitriles is 1. The zero-order valence-corrected chi connectivity index (χ0v) is 8.30. The van der Waals surface area contributed by atoms with Crippen molar-refractivity contribution in [1.82, 2.24) is 5.32 Å². The third-order valence-electron chi connectivity index (χ3n) is 1.97. The van der Waals surface area contributed by atoms with Crippen LogP contribution in [0, 0.1) is 21.4 Å². The summed E-state index contributed by atoms with van der Waals surface area (Å²) in [7, 11) is 0. The highest BCUT2D eigenvalue weighted by Gasteiger charge is 2.10. The van der Waals surface area contributed by atoms with Crippen molar-refractivity contribution in [3.8, 4) is 6.07 Å². The molecule has 0 aliphatic rings. The molecular formula is C10H11N3O2. The number of non-ortho nitro benzene ring substituents is 1. The van der Waals surface area contributed by atoms with Gasteiger partial charge >= 0.3 is 0 Å². The minimum atomic E-state index is -0.460. The van der Waals surface area contributed by atoms with E-state index in [-0.39, 0.29) is 5.69 Å². The van der Waals surface area contributed by atoms with Crippen LogP contribution in [0.3, 0.4) is 0 Å². The maximum atomic E-state index is 10.4. The van der Waals surface area contributed by atoms with Crippen molar-refractivity contribution < 1.29 is 4.92 Å². The molecule has 0 fully saturated rings. The van der Waals surface area contributed by atoms with Crippen LogP contribution >= 0.6 is 0 Å². The Balaban J connectivity index is 2.88. The van der Waals surface area contributed by atoms with E-state index in [2.05, 4.69) is 11.4 Å². The van der Waals surface area contributed by atoms with Crippen molar-refractivity contribution in [1.29, 1.82) is 5.26 Å². The van der Waals surface area contributed by atoms with E-state index in [0.29, 0.717) is 6.54 Å². The predicted octanol–water partition coefficient (Wildman–Crippen LogP) is 1.77. The first-order valence-electron chi connectivity index (χ1n) is 4.56. The largest absolute Gasteiger partial charge is 0.298 e. The van der Waals surface area contributed by atoms with Crippen molar-refractivity contribution in [2.75, 3.05) is 6.54 Å². The van der Waals surface area contributed by atoms with E-state index >= 15 is 0 Å². The van der Waals surface area contributed by atoms with E-state index < -0.39 is 11.0 Å². The minimum Gasteiger partial charge on any atom is -0.298 e. The first kappa shape index (κ1) is 11.1. The number of nitrogens with one attached hydrogen (secondary N) is 1. The quantitative estimate of drug-likeness (QED) is 0.600. The zero-order chi connectivity index (χ0) is 11.3. The first-order valence-corrected chi connectivity index (χ1v) is 4.56. The maximum absolute atomic E-state index is 10.4. The Kier molecular flexibility index (Phi) is 3.77. The van der Waals surface area contributed by atoms with Gasteiger partial charge in [0, 0.05) is 12.1 Å². The fraction of sp³-hybridized carbons (Fsp3) is 0.300. The van der Waals surface area contributed by atoms with Gasteiger partial charge in [0.2, 0.25) is 0 Å². The van der Waals surface area contributed by atoms with Crippen molar-refractivity contribution in [2.45, 2.75) is 13.0 Å². The summed E-state index contributed by atoms with van der Waals surface area (Å²) in [5, 5.41) is 22.2. The summed E-state index contributed by atoms with van der Waals surface area (Å²) < 4.78 is 0. The molecule has 1 rings (SSSR count). The molecule has 1 atom stereocenters. The van der Waals surface area contributed by atoms with Crippen molar-refractivity contribution >= 4 is 5.69 Å². The Labute approximate surface area is 87.5 Å². The third-order valence-corrected chi connectivity index (χ3v) is 1.97. The van der Waals surface area contributed by atoms with Gasteiger partial charge in [-0.3, -0.25) is 15.4 Å². The predicted molar refractivity (Wildman–Crippen MR) is 55.1 cm³/mol. The summed E-state index contributed by atoms with van der Waals surface area (Å²) in [5.41, 5.74) is 0.775. The average Bonchev–Trinajstić information content (AvgIpc) is 2.26. The molecule has 0 saturated heterocycles. The molecule has 0 aliphatic carbocycles. The van der Waals surface area contributed by atoms with Crippen molar-refractivity contribution in [2.24, 2.45) is 0 Å². The number of rotatable bonds is 4. The van der Waals surface area contributed by atoms with Crippen molar-refractivity contribution in [3.05, 3.63) is 39.9 Å². The van der Waals surface area contributed by atoms with Gasteiger partial charge in [0.1, 0.15) is 6.04 Å². The molecule has 1 aromatic carbocycles. The Bertz CT molecular complexity index is 381. The fourth-order valence-electron chi connectivity index (χ4n) is 1.23. The molecule has 1 aromatic rings. The molecule has 0 heterocycles. The lowest BCUT2D eigenvalue weighted by Gasteiger charge is -2.08. The van der Waals surface area contributed by atoms with Crippen molar-refractivity contribution in [3.63, 3.8) is 0 Å². The summed E-state index contributed by atoms with van der Waals surface area (Å²) in [5.74, 6) is 0. The van der Waals surface area contributed by atoms with Crippen LogP contribution in [0.1, 0.15) is 18.5 Å². The van der Waals surface area contributed by atoms with E-state index in [0.717, 1.165) is 5.56 Å². The Morgan fingerprint density at radius 3 is 2.53 bits per heavy atom. The number of nitrogens with zero attached hydrogens (tertiary/aromatic N) is 2.